The maximum atomic E-state index is 11.1. The van der Waals surface area contributed by atoms with E-state index in [-0.39, 0.29) is 19.0 Å². The molecule has 0 bridgehead atoms. The van der Waals surface area contributed by atoms with Crippen molar-refractivity contribution in [1.82, 2.24) is 10.6 Å². The number of hydrogen-bond acceptors (Lipinski definition) is 4. The second-order valence-electron chi connectivity index (χ2n) is 3.19. The number of amides is 2. The third kappa shape index (κ3) is 9.70. The summed E-state index contributed by atoms with van der Waals surface area (Å²) in [6, 6.07) is -0.359. The van der Waals surface area contributed by atoms with Gasteiger partial charge in [-0.05, 0) is 0 Å². The molecule has 0 unspecified atom stereocenters. The van der Waals surface area contributed by atoms with Crippen molar-refractivity contribution in [2.75, 3.05) is 24.6 Å². The van der Waals surface area contributed by atoms with E-state index in [1.807, 2.05) is 0 Å². The van der Waals surface area contributed by atoms with Crippen molar-refractivity contribution in [3.05, 3.63) is 12.7 Å². The van der Waals surface area contributed by atoms with Crippen LogP contribution in [-0.2, 0) is 4.79 Å². The quantitative estimate of drug-likeness (QED) is 0.347. The molecule has 4 N–H and O–H groups in total. The van der Waals surface area contributed by atoms with Crippen LogP contribution < -0.4 is 10.6 Å². The van der Waals surface area contributed by atoms with Crippen LogP contribution in [0.3, 0.4) is 0 Å². The number of carbonyl (C=O) groups is 2. The maximum Gasteiger partial charge on any atom is 0.332 e. The van der Waals surface area contributed by atoms with E-state index in [0.717, 1.165) is 11.5 Å². The molecular formula is C10H18N2O4S. The average Bonchev–Trinajstić information content (AvgIpc) is 2.28. The lowest BCUT2D eigenvalue weighted by Gasteiger charge is -2.08. The minimum absolute atomic E-state index is 0.00598. The first kappa shape index (κ1) is 15.8. The van der Waals surface area contributed by atoms with E-state index in [9.17, 15) is 9.59 Å². The van der Waals surface area contributed by atoms with E-state index in [2.05, 4.69) is 17.2 Å². The van der Waals surface area contributed by atoms with E-state index < -0.39 is 12.1 Å². The molecule has 0 aliphatic heterocycles. The van der Waals surface area contributed by atoms with Gasteiger partial charge in [-0.1, -0.05) is 6.08 Å². The highest BCUT2D eigenvalue weighted by molar-refractivity contribution is 7.99. The molecule has 0 rings (SSSR count). The molecule has 0 aromatic heterocycles. The SMILES string of the molecule is C=CCSCCNC(=O)NCC[C@H](O)C(=O)O. The Morgan fingerprint density at radius 2 is 2.00 bits per heavy atom. The lowest BCUT2D eigenvalue weighted by atomic mass is 10.2. The van der Waals surface area contributed by atoms with Gasteiger partial charge in [-0.25, -0.2) is 9.59 Å². The summed E-state index contributed by atoms with van der Waals surface area (Å²) in [5.74, 6) is 0.346. The van der Waals surface area contributed by atoms with Gasteiger partial charge in [-0.2, -0.15) is 11.8 Å². The molecule has 0 aliphatic rings. The van der Waals surface area contributed by atoms with E-state index in [1.165, 1.54) is 0 Å². The fourth-order valence-electron chi connectivity index (χ4n) is 0.912. The van der Waals surface area contributed by atoms with Gasteiger partial charge in [0.05, 0.1) is 0 Å². The Hall–Kier alpha value is -1.21. The molecular weight excluding hydrogens is 244 g/mol. The van der Waals surface area contributed by atoms with Gasteiger partial charge in [-0.3, -0.25) is 0 Å². The van der Waals surface area contributed by atoms with Gasteiger partial charge in [0, 0.05) is 31.0 Å². The molecule has 0 saturated heterocycles. The van der Waals surface area contributed by atoms with Gasteiger partial charge in [0.2, 0.25) is 0 Å². The average molecular weight is 262 g/mol. The number of carbonyl (C=O) groups excluding carboxylic acids is 1. The molecule has 98 valence electrons. The number of rotatable bonds is 9. The minimum Gasteiger partial charge on any atom is -0.479 e. The highest BCUT2D eigenvalue weighted by Crippen LogP contribution is 1.96. The van der Waals surface area contributed by atoms with Crippen LogP contribution in [0.15, 0.2) is 12.7 Å². The topological polar surface area (TPSA) is 98.7 Å². The molecule has 17 heavy (non-hydrogen) atoms. The van der Waals surface area contributed by atoms with Crippen molar-refractivity contribution in [3.63, 3.8) is 0 Å². The van der Waals surface area contributed by atoms with Crippen LogP contribution in [0.5, 0.6) is 0 Å². The Labute approximate surface area is 104 Å². The molecule has 0 aromatic carbocycles. The number of carboxylic acid groups (broad SMARTS) is 1. The molecule has 2 amide bonds. The Balaban J connectivity index is 3.40. The van der Waals surface area contributed by atoms with Crippen LogP contribution >= 0.6 is 11.8 Å². The van der Waals surface area contributed by atoms with Crippen molar-refractivity contribution < 1.29 is 19.8 Å². The third-order valence-corrected chi connectivity index (χ3v) is 2.72. The summed E-state index contributed by atoms with van der Waals surface area (Å²) >= 11 is 1.65. The maximum absolute atomic E-state index is 11.1. The standard InChI is InChI=1S/C10H18N2O4S/c1-2-6-17-7-5-12-10(16)11-4-3-8(13)9(14)15/h2,8,13H,1,3-7H2,(H,14,15)(H2,11,12,16)/t8-/m0/s1. The van der Waals surface area contributed by atoms with Crippen molar-refractivity contribution in [2.24, 2.45) is 0 Å². The number of thioether (sulfide) groups is 1. The molecule has 1 atom stereocenters. The summed E-state index contributed by atoms with van der Waals surface area (Å²) in [5, 5.41) is 22.4. The first-order valence-corrected chi connectivity index (χ1v) is 6.34. The number of carboxylic acids is 1. The zero-order chi connectivity index (χ0) is 13.1. The van der Waals surface area contributed by atoms with E-state index in [0.29, 0.717) is 6.54 Å². The van der Waals surface area contributed by atoms with Crippen LogP contribution in [0.25, 0.3) is 0 Å². The molecule has 0 heterocycles. The fourth-order valence-corrected chi connectivity index (χ4v) is 1.49. The summed E-state index contributed by atoms with van der Waals surface area (Å²) in [4.78, 5) is 21.4. The minimum atomic E-state index is -1.43. The van der Waals surface area contributed by atoms with Crippen molar-refractivity contribution in [2.45, 2.75) is 12.5 Å². The van der Waals surface area contributed by atoms with E-state index >= 15 is 0 Å². The lowest BCUT2D eigenvalue weighted by molar-refractivity contribution is -0.146. The largest absolute Gasteiger partial charge is 0.479 e. The van der Waals surface area contributed by atoms with Crippen LogP contribution in [0, 0.1) is 0 Å². The Morgan fingerprint density at radius 3 is 2.59 bits per heavy atom. The molecule has 6 nitrogen and oxygen atoms in total. The van der Waals surface area contributed by atoms with Crippen molar-refractivity contribution in [3.8, 4) is 0 Å². The molecule has 0 saturated carbocycles. The molecule has 0 aliphatic carbocycles. The van der Waals surface area contributed by atoms with Gasteiger partial charge >= 0.3 is 12.0 Å². The zero-order valence-electron chi connectivity index (χ0n) is 9.52. The molecule has 0 aromatic rings. The van der Waals surface area contributed by atoms with E-state index in [4.69, 9.17) is 10.2 Å². The van der Waals surface area contributed by atoms with Crippen LogP contribution in [0.2, 0.25) is 0 Å². The molecule has 0 spiro atoms. The number of aliphatic hydroxyl groups is 1. The fraction of sp³-hybridized carbons (Fsp3) is 0.600. The Kier molecular flexibility index (Phi) is 9.27. The summed E-state index contributed by atoms with van der Waals surface area (Å²) < 4.78 is 0. The van der Waals surface area contributed by atoms with Gasteiger partial charge in [-0.15, -0.1) is 6.58 Å². The molecule has 7 heteroatoms. The van der Waals surface area contributed by atoms with E-state index in [1.54, 1.807) is 17.8 Å². The summed E-state index contributed by atoms with van der Waals surface area (Å²) in [6.45, 7) is 4.23. The number of aliphatic hydroxyl groups excluding tert-OH is 1. The number of nitrogens with one attached hydrogen (secondary N) is 2. The highest BCUT2D eigenvalue weighted by Gasteiger charge is 2.12. The van der Waals surface area contributed by atoms with Gasteiger partial charge in [0.15, 0.2) is 6.10 Å². The smallest absolute Gasteiger partial charge is 0.332 e. The first-order valence-electron chi connectivity index (χ1n) is 5.19. The predicted octanol–water partition coefficient (Wildman–Crippen LogP) is 0.0404. The predicted molar refractivity (Wildman–Crippen MR) is 67.2 cm³/mol. The van der Waals surface area contributed by atoms with Crippen LogP contribution in [0.1, 0.15) is 6.42 Å². The monoisotopic (exact) mass is 262 g/mol. The van der Waals surface area contributed by atoms with Crippen LogP contribution in [0.4, 0.5) is 4.79 Å². The van der Waals surface area contributed by atoms with Crippen molar-refractivity contribution >= 4 is 23.8 Å². The van der Waals surface area contributed by atoms with Crippen LogP contribution in [-0.4, -0.2) is 52.9 Å². The van der Waals surface area contributed by atoms with Gasteiger partial charge in [0.1, 0.15) is 0 Å². The third-order valence-electron chi connectivity index (χ3n) is 1.76. The Bertz CT molecular complexity index is 261. The Morgan fingerprint density at radius 1 is 1.35 bits per heavy atom. The zero-order valence-corrected chi connectivity index (χ0v) is 10.3. The first-order chi connectivity index (χ1) is 8.07. The summed E-state index contributed by atoms with van der Waals surface area (Å²) in [5.41, 5.74) is 0. The highest BCUT2D eigenvalue weighted by atomic mass is 32.2. The normalized spacial score (nSPS) is 11.6. The number of aliphatic carboxylic acids is 1. The summed E-state index contributed by atoms with van der Waals surface area (Å²) in [7, 11) is 0. The van der Waals surface area contributed by atoms with Gasteiger partial charge in [0.25, 0.3) is 0 Å². The number of urea groups is 1. The van der Waals surface area contributed by atoms with Crippen molar-refractivity contribution in [1.29, 1.82) is 0 Å². The second-order valence-corrected chi connectivity index (χ2v) is 4.34. The van der Waals surface area contributed by atoms with Gasteiger partial charge < -0.3 is 20.8 Å². The summed E-state index contributed by atoms with van der Waals surface area (Å²) in [6.07, 6.45) is 0.352. The number of hydrogen-bond donors (Lipinski definition) is 4. The second kappa shape index (κ2) is 9.98. The molecule has 0 radical (unpaired) electrons. The lowest BCUT2D eigenvalue weighted by Crippen LogP contribution is -2.38. The molecule has 0 fully saturated rings.